The van der Waals surface area contributed by atoms with Crippen LogP contribution in [0.25, 0.3) is 16.3 Å². The molecule has 0 aliphatic heterocycles. The van der Waals surface area contributed by atoms with Crippen molar-refractivity contribution >= 4 is 34.5 Å². The molecule has 4 aromatic heterocycles. The first kappa shape index (κ1) is 16.7. The smallest absolute Gasteiger partial charge is 0.227 e. The molecule has 0 aliphatic rings. The van der Waals surface area contributed by atoms with Crippen molar-refractivity contribution in [1.82, 2.24) is 24.8 Å². The largest absolute Gasteiger partial charge is 0.350 e. The van der Waals surface area contributed by atoms with E-state index in [1.807, 2.05) is 34.2 Å². The molecule has 4 heterocycles. The number of aryl methyl sites for hydroxylation is 1. The van der Waals surface area contributed by atoms with Crippen LogP contribution >= 0.6 is 22.9 Å². The number of carbonyl (C=O) groups excluding carboxylic acids is 1. The van der Waals surface area contributed by atoms with Crippen LogP contribution < -0.4 is 5.32 Å². The van der Waals surface area contributed by atoms with E-state index in [1.165, 1.54) is 0 Å². The van der Waals surface area contributed by atoms with Gasteiger partial charge in [-0.2, -0.15) is 4.98 Å². The number of pyridine rings is 1. The summed E-state index contributed by atoms with van der Waals surface area (Å²) in [6, 6.07) is 7.46. The highest BCUT2D eigenvalue weighted by Crippen LogP contribution is 2.21. The van der Waals surface area contributed by atoms with E-state index in [-0.39, 0.29) is 12.3 Å². The number of aromatic nitrogens is 4. The molecule has 26 heavy (non-hydrogen) atoms. The molecule has 9 heteroatoms. The first-order valence-corrected chi connectivity index (χ1v) is 9.19. The van der Waals surface area contributed by atoms with E-state index in [9.17, 15) is 4.79 Å². The molecule has 0 unspecified atom stereocenters. The van der Waals surface area contributed by atoms with Gasteiger partial charge in [-0.1, -0.05) is 22.8 Å². The molecule has 1 amide bonds. The summed E-state index contributed by atoms with van der Waals surface area (Å²) >= 11 is 7.49. The van der Waals surface area contributed by atoms with Gasteiger partial charge in [0.05, 0.1) is 22.1 Å². The van der Waals surface area contributed by atoms with Crippen LogP contribution in [0.4, 0.5) is 0 Å². The number of nitrogens with zero attached hydrogens (tertiary/aromatic N) is 4. The van der Waals surface area contributed by atoms with E-state index in [1.54, 1.807) is 23.6 Å². The second-order valence-corrected chi connectivity index (χ2v) is 6.99. The Kier molecular flexibility index (Phi) is 4.68. The van der Waals surface area contributed by atoms with Gasteiger partial charge in [-0.25, -0.2) is 4.98 Å². The lowest BCUT2D eigenvalue weighted by Gasteiger charge is -2.01. The molecule has 0 bridgehead atoms. The third-order valence-corrected chi connectivity index (χ3v) is 4.80. The van der Waals surface area contributed by atoms with Gasteiger partial charge in [0.1, 0.15) is 5.65 Å². The highest BCUT2D eigenvalue weighted by molar-refractivity contribution is 7.13. The molecule has 132 valence electrons. The van der Waals surface area contributed by atoms with E-state index in [0.717, 1.165) is 16.2 Å². The maximum absolute atomic E-state index is 12.0. The monoisotopic (exact) mass is 387 g/mol. The quantitative estimate of drug-likeness (QED) is 0.548. The zero-order valence-corrected chi connectivity index (χ0v) is 15.1. The Balaban J connectivity index is 1.30. The maximum atomic E-state index is 12.0. The van der Waals surface area contributed by atoms with Gasteiger partial charge in [-0.3, -0.25) is 4.79 Å². The van der Waals surface area contributed by atoms with E-state index in [0.29, 0.717) is 29.7 Å². The molecule has 7 nitrogen and oxygen atoms in total. The summed E-state index contributed by atoms with van der Waals surface area (Å²) in [5.41, 5.74) is 1.55. The number of hydrogen-bond acceptors (Lipinski definition) is 6. The van der Waals surface area contributed by atoms with Crippen molar-refractivity contribution in [3.05, 3.63) is 58.6 Å². The maximum Gasteiger partial charge on any atom is 0.227 e. The van der Waals surface area contributed by atoms with Crippen molar-refractivity contribution in [1.29, 1.82) is 0 Å². The van der Waals surface area contributed by atoms with Gasteiger partial charge in [0.25, 0.3) is 0 Å². The molecule has 0 fully saturated rings. The van der Waals surface area contributed by atoms with Crippen molar-refractivity contribution in [3.8, 4) is 10.7 Å². The molecule has 4 rings (SSSR count). The molecule has 4 aromatic rings. The van der Waals surface area contributed by atoms with Crippen molar-refractivity contribution in [2.45, 2.75) is 19.4 Å². The van der Waals surface area contributed by atoms with Crippen LogP contribution in [0.5, 0.6) is 0 Å². The SMILES string of the molecule is O=C(CCc1nc(-c2cccs2)no1)NCc1cn2cc(Cl)ccc2n1. The number of rotatable bonds is 6. The second kappa shape index (κ2) is 7.27. The van der Waals surface area contributed by atoms with Crippen molar-refractivity contribution in [3.63, 3.8) is 0 Å². The van der Waals surface area contributed by atoms with Gasteiger partial charge in [-0.15, -0.1) is 11.3 Å². The Hall–Kier alpha value is -2.71. The first-order valence-electron chi connectivity index (χ1n) is 7.94. The van der Waals surface area contributed by atoms with E-state index in [4.69, 9.17) is 16.1 Å². The topological polar surface area (TPSA) is 85.3 Å². The van der Waals surface area contributed by atoms with Crippen molar-refractivity contribution in [2.24, 2.45) is 0 Å². The number of imidazole rings is 1. The fraction of sp³-hybridized carbons (Fsp3) is 0.176. The summed E-state index contributed by atoms with van der Waals surface area (Å²) in [5, 5.41) is 9.36. The minimum Gasteiger partial charge on any atom is -0.350 e. The van der Waals surface area contributed by atoms with Crippen LogP contribution in [0.3, 0.4) is 0 Å². The molecular weight excluding hydrogens is 374 g/mol. The number of nitrogens with one attached hydrogen (secondary N) is 1. The van der Waals surface area contributed by atoms with E-state index in [2.05, 4.69) is 20.4 Å². The Morgan fingerprint density at radius 3 is 3.04 bits per heavy atom. The highest BCUT2D eigenvalue weighted by atomic mass is 35.5. The molecule has 1 N–H and O–H groups in total. The fourth-order valence-electron chi connectivity index (χ4n) is 2.46. The van der Waals surface area contributed by atoms with Crippen LogP contribution in [0.15, 0.2) is 46.6 Å². The van der Waals surface area contributed by atoms with Gasteiger partial charge in [0.15, 0.2) is 0 Å². The predicted octanol–water partition coefficient (Wildman–Crippen LogP) is 3.35. The minimum absolute atomic E-state index is 0.101. The van der Waals surface area contributed by atoms with Gasteiger partial charge in [0.2, 0.25) is 17.6 Å². The summed E-state index contributed by atoms with van der Waals surface area (Å²) < 4.78 is 7.02. The van der Waals surface area contributed by atoms with Crippen molar-refractivity contribution < 1.29 is 9.32 Å². The van der Waals surface area contributed by atoms with Gasteiger partial charge in [0, 0.05) is 25.2 Å². The molecule has 0 radical (unpaired) electrons. The number of carbonyl (C=O) groups is 1. The number of fused-ring (bicyclic) bond motifs is 1. The standard InChI is InChI=1S/C17H14ClN5O2S/c18-11-3-4-14-20-12(10-23(14)9-11)8-19-15(24)5-6-16-21-17(22-25-16)13-2-1-7-26-13/h1-4,7,9-10H,5-6,8H2,(H,19,24). The van der Waals surface area contributed by atoms with Crippen LogP contribution in [0.1, 0.15) is 18.0 Å². The summed E-state index contributed by atoms with van der Waals surface area (Å²) in [6.07, 6.45) is 4.28. The zero-order valence-electron chi connectivity index (χ0n) is 13.6. The average molecular weight is 388 g/mol. The van der Waals surface area contributed by atoms with E-state index < -0.39 is 0 Å². The van der Waals surface area contributed by atoms with Crippen molar-refractivity contribution in [2.75, 3.05) is 0 Å². The highest BCUT2D eigenvalue weighted by Gasteiger charge is 2.11. The van der Waals surface area contributed by atoms with Crippen LogP contribution in [0.2, 0.25) is 5.02 Å². The first-order chi connectivity index (χ1) is 12.7. The normalized spacial score (nSPS) is 11.1. The third kappa shape index (κ3) is 3.76. The summed E-state index contributed by atoms with van der Waals surface area (Å²) in [4.78, 5) is 21.7. The molecule has 0 saturated carbocycles. The minimum atomic E-state index is -0.101. The van der Waals surface area contributed by atoms with Gasteiger partial charge in [-0.05, 0) is 23.6 Å². The lowest BCUT2D eigenvalue weighted by molar-refractivity contribution is -0.121. The third-order valence-electron chi connectivity index (χ3n) is 3.71. The molecule has 0 atom stereocenters. The van der Waals surface area contributed by atoms with Crippen LogP contribution in [-0.2, 0) is 17.8 Å². The van der Waals surface area contributed by atoms with Crippen LogP contribution in [-0.4, -0.2) is 25.4 Å². The Bertz CT molecular complexity index is 1040. The lowest BCUT2D eigenvalue weighted by Crippen LogP contribution is -2.23. The number of halogens is 1. The van der Waals surface area contributed by atoms with Gasteiger partial charge >= 0.3 is 0 Å². The zero-order chi connectivity index (χ0) is 17.9. The molecular formula is C17H14ClN5O2S. The Morgan fingerprint density at radius 2 is 2.19 bits per heavy atom. The number of hydrogen-bond donors (Lipinski definition) is 1. The summed E-state index contributed by atoms with van der Waals surface area (Å²) in [6.45, 7) is 0.350. The fourth-order valence-corrected chi connectivity index (χ4v) is 3.28. The predicted molar refractivity (Wildman–Crippen MR) is 98.0 cm³/mol. The molecule has 0 aliphatic carbocycles. The molecule has 0 aromatic carbocycles. The lowest BCUT2D eigenvalue weighted by atomic mass is 10.3. The number of thiophene rings is 1. The molecule has 0 spiro atoms. The Morgan fingerprint density at radius 1 is 1.27 bits per heavy atom. The van der Waals surface area contributed by atoms with Gasteiger partial charge < -0.3 is 14.2 Å². The average Bonchev–Trinajstić information content (AvgIpc) is 3.36. The van der Waals surface area contributed by atoms with Crippen LogP contribution in [0, 0.1) is 0 Å². The second-order valence-electron chi connectivity index (χ2n) is 5.61. The summed E-state index contributed by atoms with van der Waals surface area (Å²) in [7, 11) is 0. The Labute approximate surface area is 157 Å². The summed E-state index contributed by atoms with van der Waals surface area (Å²) in [5.74, 6) is 0.903. The number of amides is 1. The molecule has 0 saturated heterocycles. The van der Waals surface area contributed by atoms with E-state index >= 15 is 0 Å².